The van der Waals surface area contributed by atoms with Crippen molar-refractivity contribution in [3.63, 3.8) is 0 Å². The number of hydrogen-bond donors (Lipinski definition) is 0. The van der Waals surface area contributed by atoms with E-state index in [0.717, 1.165) is 0 Å². The SMILES string of the molecule is CC1(C)C=CCCC1. The Morgan fingerprint density at radius 1 is 1.38 bits per heavy atom. The lowest BCUT2D eigenvalue weighted by molar-refractivity contribution is 0.406. The molecule has 46 valence electrons. The molecule has 0 aromatic rings. The zero-order chi connectivity index (χ0) is 6.04. The topological polar surface area (TPSA) is 0 Å². The molecule has 0 bridgehead atoms. The average Bonchev–Trinajstić information content (AvgIpc) is 1.65. The summed E-state index contributed by atoms with van der Waals surface area (Å²) in [6, 6.07) is 0. The van der Waals surface area contributed by atoms with Crippen LogP contribution >= 0.6 is 0 Å². The monoisotopic (exact) mass is 110 g/mol. The van der Waals surface area contributed by atoms with Gasteiger partial charge < -0.3 is 0 Å². The molecular formula is C8H14. The van der Waals surface area contributed by atoms with Crippen LogP contribution < -0.4 is 0 Å². The van der Waals surface area contributed by atoms with E-state index >= 15 is 0 Å². The van der Waals surface area contributed by atoms with Gasteiger partial charge >= 0.3 is 0 Å². The fourth-order valence-electron chi connectivity index (χ4n) is 1.16. The summed E-state index contributed by atoms with van der Waals surface area (Å²) in [5.41, 5.74) is 0.498. The van der Waals surface area contributed by atoms with Gasteiger partial charge in [0.15, 0.2) is 0 Å². The Morgan fingerprint density at radius 3 is 2.38 bits per heavy atom. The summed E-state index contributed by atoms with van der Waals surface area (Å²) in [5, 5.41) is 0. The number of allylic oxidation sites excluding steroid dienone is 2. The molecule has 0 aromatic carbocycles. The largest absolute Gasteiger partial charge is 0.0880 e. The van der Waals surface area contributed by atoms with E-state index in [4.69, 9.17) is 0 Å². The van der Waals surface area contributed by atoms with Crippen LogP contribution in [0.15, 0.2) is 12.2 Å². The van der Waals surface area contributed by atoms with Gasteiger partial charge in [-0.2, -0.15) is 0 Å². The maximum Gasteiger partial charge on any atom is -0.0175 e. The molecule has 0 aromatic heterocycles. The van der Waals surface area contributed by atoms with E-state index in [0.29, 0.717) is 5.41 Å². The van der Waals surface area contributed by atoms with Gasteiger partial charge in [0.1, 0.15) is 0 Å². The molecule has 0 aliphatic heterocycles. The summed E-state index contributed by atoms with van der Waals surface area (Å²) in [7, 11) is 0. The second-order valence-corrected chi connectivity index (χ2v) is 3.28. The molecule has 0 radical (unpaired) electrons. The first kappa shape index (κ1) is 5.87. The summed E-state index contributed by atoms with van der Waals surface area (Å²) >= 11 is 0. The summed E-state index contributed by atoms with van der Waals surface area (Å²) in [4.78, 5) is 0. The molecule has 0 saturated heterocycles. The lowest BCUT2D eigenvalue weighted by atomic mass is 9.83. The third-order valence-corrected chi connectivity index (χ3v) is 1.76. The van der Waals surface area contributed by atoms with E-state index in [9.17, 15) is 0 Å². The minimum absolute atomic E-state index is 0.498. The van der Waals surface area contributed by atoms with Crippen molar-refractivity contribution >= 4 is 0 Å². The number of rotatable bonds is 0. The van der Waals surface area contributed by atoms with E-state index in [1.807, 2.05) is 0 Å². The summed E-state index contributed by atoms with van der Waals surface area (Å²) < 4.78 is 0. The van der Waals surface area contributed by atoms with Gasteiger partial charge in [-0.25, -0.2) is 0 Å². The minimum Gasteiger partial charge on any atom is -0.0880 e. The second kappa shape index (κ2) is 1.93. The summed E-state index contributed by atoms with van der Waals surface area (Å²) in [6.45, 7) is 4.59. The van der Waals surface area contributed by atoms with Crippen LogP contribution in [0, 0.1) is 5.41 Å². The van der Waals surface area contributed by atoms with E-state index in [1.165, 1.54) is 19.3 Å². The molecule has 0 unspecified atom stereocenters. The molecule has 0 heterocycles. The first-order valence-corrected chi connectivity index (χ1v) is 3.38. The van der Waals surface area contributed by atoms with Crippen molar-refractivity contribution in [2.45, 2.75) is 33.1 Å². The van der Waals surface area contributed by atoms with E-state index in [-0.39, 0.29) is 0 Å². The van der Waals surface area contributed by atoms with E-state index in [2.05, 4.69) is 26.0 Å². The zero-order valence-corrected chi connectivity index (χ0v) is 5.78. The lowest BCUT2D eigenvalue weighted by Gasteiger charge is -2.22. The molecule has 1 aliphatic rings. The Balaban J connectivity index is 2.56. The molecule has 8 heavy (non-hydrogen) atoms. The Bertz CT molecular complexity index is 98.6. The van der Waals surface area contributed by atoms with Crippen molar-refractivity contribution in [2.24, 2.45) is 5.41 Å². The van der Waals surface area contributed by atoms with Crippen molar-refractivity contribution in [2.75, 3.05) is 0 Å². The van der Waals surface area contributed by atoms with Crippen LogP contribution in [-0.2, 0) is 0 Å². The predicted octanol–water partition coefficient (Wildman–Crippen LogP) is 2.75. The maximum atomic E-state index is 2.33. The number of hydrogen-bond acceptors (Lipinski definition) is 0. The van der Waals surface area contributed by atoms with Crippen LogP contribution in [0.1, 0.15) is 33.1 Å². The smallest absolute Gasteiger partial charge is 0.0175 e. The third-order valence-electron chi connectivity index (χ3n) is 1.76. The van der Waals surface area contributed by atoms with E-state index in [1.54, 1.807) is 0 Å². The van der Waals surface area contributed by atoms with Crippen LogP contribution in [0.25, 0.3) is 0 Å². The summed E-state index contributed by atoms with van der Waals surface area (Å²) in [5.74, 6) is 0. The van der Waals surface area contributed by atoms with Crippen LogP contribution in [-0.4, -0.2) is 0 Å². The van der Waals surface area contributed by atoms with E-state index < -0.39 is 0 Å². The van der Waals surface area contributed by atoms with Crippen molar-refractivity contribution in [1.82, 2.24) is 0 Å². The molecule has 0 spiro atoms. The maximum absolute atomic E-state index is 2.33. The van der Waals surface area contributed by atoms with Crippen LogP contribution in [0.3, 0.4) is 0 Å². The van der Waals surface area contributed by atoms with Crippen LogP contribution in [0.4, 0.5) is 0 Å². The lowest BCUT2D eigenvalue weighted by Crippen LogP contribution is -2.09. The summed E-state index contributed by atoms with van der Waals surface area (Å²) in [6.07, 6.45) is 8.66. The quantitative estimate of drug-likeness (QED) is 0.420. The van der Waals surface area contributed by atoms with Gasteiger partial charge in [0.2, 0.25) is 0 Å². The first-order valence-electron chi connectivity index (χ1n) is 3.38. The van der Waals surface area contributed by atoms with Gasteiger partial charge in [0, 0.05) is 0 Å². The first-order chi connectivity index (χ1) is 3.71. The molecule has 0 N–H and O–H groups in total. The predicted molar refractivity (Wildman–Crippen MR) is 36.8 cm³/mol. The fourth-order valence-corrected chi connectivity index (χ4v) is 1.16. The molecule has 1 rings (SSSR count). The van der Waals surface area contributed by atoms with Crippen molar-refractivity contribution in [3.05, 3.63) is 12.2 Å². The van der Waals surface area contributed by atoms with Crippen LogP contribution in [0.2, 0.25) is 0 Å². The molecule has 0 amide bonds. The highest BCUT2D eigenvalue weighted by Crippen LogP contribution is 2.28. The van der Waals surface area contributed by atoms with Gasteiger partial charge in [-0.05, 0) is 24.7 Å². The molecular weight excluding hydrogens is 96.1 g/mol. The minimum atomic E-state index is 0.498. The van der Waals surface area contributed by atoms with Gasteiger partial charge in [0.25, 0.3) is 0 Å². The zero-order valence-electron chi connectivity index (χ0n) is 5.78. The molecule has 0 nitrogen and oxygen atoms in total. The third kappa shape index (κ3) is 1.36. The fraction of sp³-hybridized carbons (Fsp3) is 0.750. The van der Waals surface area contributed by atoms with Gasteiger partial charge in [-0.15, -0.1) is 0 Å². The second-order valence-electron chi connectivity index (χ2n) is 3.28. The molecule has 0 saturated carbocycles. The Hall–Kier alpha value is -0.260. The molecule has 0 atom stereocenters. The van der Waals surface area contributed by atoms with Crippen molar-refractivity contribution < 1.29 is 0 Å². The Morgan fingerprint density at radius 2 is 2.12 bits per heavy atom. The molecule has 0 fully saturated rings. The van der Waals surface area contributed by atoms with Crippen LogP contribution in [0.5, 0.6) is 0 Å². The van der Waals surface area contributed by atoms with Crippen molar-refractivity contribution in [1.29, 1.82) is 0 Å². The Kier molecular flexibility index (Phi) is 1.41. The molecule has 1 aliphatic carbocycles. The molecule has 0 heteroatoms. The highest BCUT2D eigenvalue weighted by Gasteiger charge is 2.14. The Labute approximate surface area is 51.6 Å². The van der Waals surface area contributed by atoms with Gasteiger partial charge in [-0.1, -0.05) is 26.0 Å². The van der Waals surface area contributed by atoms with Gasteiger partial charge in [-0.3, -0.25) is 0 Å². The highest BCUT2D eigenvalue weighted by atomic mass is 14.2. The van der Waals surface area contributed by atoms with Gasteiger partial charge in [0.05, 0.1) is 0 Å². The standard InChI is InChI=1S/C8H14/c1-8(2)6-4-3-5-7-8/h4,6H,3,5,7H2,1-2H3. The van der Waals surface area contributed by atoms with Crippen molar-refractivity contribution in [3.8, 4) is 0 Å². The highest BCUT2D eigenvalue weighted by molar-refractivity contribution is 4.98. The average molecular weight is 110 g/mol. The normalized spacial score (nSPS) is 25.8.